The van der Waals surface area contributed by atoms with Gasteiger partial charge in [-0.1, -0.05) is 24.3 Å². The predicted octanol–water partition coefficient (Wildman–Crippen LogP) is 2.42. The number of fused-ring (bicyclic) bond motifs is 2. The van der Waals surface area contributed by atoms with Crippen LogP contribution in [0.4, 0.5) is 0 Å². The van der Waals surface area contributed by atoms with Gasteiger partial charge in [0.15, 0.2) is 0 Å². The van der Waals surface area contributed by atoms with Crippen LogP contribution in [0.3, 0.4) is 0 Å². The molecule has 0 saturated carbocycles. The molecule has 1 aromatic carbocycles. The average molecular weight is 267 g/mol. The lowest BCUT2D eigenvalue weighted by Crippen LogP contribution is -2.44. The summed E-state index contributed by atoms with van der Waals surface area (Å²) in [5.41, 5.74) is 1.37. The number of hydrogen-bond donors (Lipinski definition) is 1. The van der Waals surface area contributed by atoms with Crippen molar-refractivity contribution in [2.45, 2.75) is 25.4 Å². The topological polar surface area (TPSA) is 28.2 Å². The van der Waals surface area contributed by atoms with Crippen LogP contribution in [-0.2, 0) is 6.54 Å². The Kier molecular flexibility index (Phi) is 3.17. The van der Waals surface area contributed by atoms with Gasteiger partial charge >= 0.3 is 0 Å². The maximum absolute atomic E-state index is 4.42. The normalized spacial score (nSPS) is 26.8. The molecule has 2 fully saturated rings. The van der Waals surface area contributed by atoms with Crippen LogP contribution >= 0.6 is 0 Å². The van der Waals surface area contributed by atoms with E-state index in [9.17, 15) is 0 Å². The summed E-state index contributed by atoms with van der Waals surface area (Å²) in [6.45, 7) is 4.63. The molecule has 3 heteroatoms. The van der Waals surface area contributed by atoms with E-state index >= 15 is 0 Å². The third kappa shape index (κ3) is 2.11. The summed E-state index contributed by atoms with van der Waals surface area (Å²) in [5, 5.41) is 6.17. The van der Waals surface area contributed by atoms with E-state index < -0.39 is 0 Å². The Bertz CT molecular complexity index is 605. The summed E-state index contributed by atoms with van der Waals surface area (Å²) >= 11 is 0. The Morgan fingerprint density at radius 1 is 1.20 bits per heavy atom. The SMILES string of the molecule is c1ccc2c(CN3CCCC4CNCC43)cncc2c1. The highest BCUT2D eigenvalue weighted by Crippen LogP contribution is 2.29. The molecule has 0 amide bonds. The zero-order valence-corrected chi connectivity index (χ0v) is 11.8. The molecular weight excluding hydrogens is 246 g/mol. The molecule has 2 aliphatic rings. The molecule has 0 aliphatic carbocycles. The van der Waals surface area contributed by atoms with E-state index in [4.69, 9.17) is 0 Å². The highest BCUT2D eigenvalue weighted by molar-refractivity contribution is 5.84. The van der Waals surface area contributed by atoms with E-state index in [1.807, 2.05) is 12.4 Å². The van der Waals surface area contributed by atoms with Crippen LogP contribution in [0.1, 0.15) is 18.4 Å². The Morgan fingerprint density at radius 3 is 3.15 bits per heavy atom. The van der Waals surface area contributed by atoms with Gasteiger partial charge in [0.1, 0.15) is 0 Å². The molecule has 0 bridgehead atoms. The van der Waals surface area contributed by atoms with Gasteiger partial charge in [-0.25, -0.2) is 0 Å². The fourth-order valence-electron chi connectivity index (χ4n) is 3.88. The molecule has 0 spiro atoms. The number of hydrogen-bond acceptors (Lipinski definition) is 3. The molecule has 2 aliphatic heterocycles. The van der Waals surface area contributed by atoms with Gasteiger partial charge in [-0.2, -0.15) is 0 Å². The molecule has 0 radical (unpaired) electrons. The van der Waals surface area contributed by atoms with Gasteiger partial charge < -0.3 is 5.32 Å². The van der Waals surface area contributed by atoms with Crippen LogP contribution in [0, 0.1) is 5.92 Å². The number of benzene rings is 1. The van der Waals surface area contributed by atoms with Crippen LogP contribution < -0.4 is 5.32 Å². The number of rotatable bonds is 2. The fraction of sp³-hybridized carbons (Fsp3) is 0.471. The number of aromatic nitrogens is 1. The first-order valence-electron chi connectivity index (χ1n) is 7.68. The van der Waals surface area contributed by atoms with Crippen molar-refractivity contribution < 1.29 is 0 Å². The van der Waals surface area contributed by atoms with Gasteiger partial charge in [-0.15, -0.1) is 0 Å². The minimum absolute atomic E-state index is 0.725. The molecular formula is C17H21N3. The summed E-state index contributed by atoms with van der Waals surface area (Å²) in [6.07, 6.45) is 6.74. The van der Waals surface area contributed by atoms with Gasteiger partial charge in [0.25, 0.3) is 0 Å². The van der Waals surface area contributed by atoms with E-state index in [-0.39, 0.29) is 0 Å². The van der Waals surface area contributed by atoms with Crippen LogP contribution in [-0.4, -0.2) is 35.6 Å². The summed E-state index contributed by atoms with van der Waals surface area (Å²) in [4.78, 5) is 7.09. The predicted molar refractivity (Wildman–Crippen MR) is 81.5 cm³/mol. The molecule has 4 rings (SSSR count). The smallest absolute Gasteiger partial charge is 0.0346 e. The first-order chi connectivity index (χ1) is 9.92. The second-order valence-corrected chi connectivity index (χ2v) is 6.12. The molecule has 3 nitrogen and oxygen atoms in total. The monoisotopic (exact) mass is 267 g/mol. The second-order valence-electron chi connectivity index (χ2n) is 6.12. The van der Waals surface area contributed by atoms with Gasteiger partial charge in [-0.3, -0.25) is 9.88 Å². The first-order valence-corrected chi connectivity index (χ1v) is 7.68. The number of nitrogens with zero attached hydrogens (tertiary/aromatic N) is 2. The van der Waals surface area contributed by atoms with E-state index in [2.05, 4.69) is 39.5 Å². The van der Waals surface area contributed by atoms with Crippen molar-refractivity contribution in [2.75, 3.05) is 19.6 Å². The molecule has 104 valence electrons. The molecule has 1 aromatic heterocycles. The van der Waals surface area contributed by atoms with Crippen LogP contribution in [0.5, 0.6) is 0 Å². The standard InChI is InChI=1S/C17H21N3/c1-2-6-16-13(4-1)8-18-10-15(16)12-20-7-3-5-14-9-19-11-17(14)20/h1-2,4,6,8,10,14,17,19H,3,5,7,9,11-12H2. The minimum Gasteiger partial charge on any atom is -0.315 e. The number of pyridine rings is 1. The van der Waals surface area contributed by atoms with E-state index in [1.54, 1.807) is 0 Å². The van der Waals surface area contributed by atoms with Gasteiger partial charge in [0, 0.05) is 36.9 Å². The zero-order valence-electron chi connectivity index (χ0n) is 11.8. The lowest BCUT2D eigenvalue weighted by Gasteiger charge is -2.37. The minimum atomic E-state index is 0.725. The molecule has 2 aromatic rings. The maximum atomic E-state index is 4.42. The molecule has 2 unspecified atom stereocenters. The van der Waals surface area contributed by atoms with Crippen molar-refractivity contribution in [3.63, 3.8) is 0 Å². The second kappa shape index (κ2) is 5.15. The van der Waals surface area contributed by atoms with Crippen LogP contribution in [0.25, 0.3) is 10.8 Å². The van der Waals surface area contributed by atoms with Crippen LogP contribution in [0.15, 0.2) is 36.7 Å². The van der Waals surface area contributed by atoms with Crippen molar-refractivity contribution in [1.29, 1.82) is 0 Å². The Balaban J connectivity index is 1.64. The van der Waals surface area contributed by atoms with Crippen molar-refractivity contribution in [3.8, 4) is 0 Å². The van der Waals surface area contributed by atoms with E-state index in [1.165, 1.54) is 42.3 Å². The highest BCUT2D eigenvalue weighted by Gasteiger charge is 2.34. The van der Waals surface area contributed by atoms with Crippen molar-refractivity contribution in [1.82, 2.24) is 15.2 Å². The Morgan fingerprint density at radius 2 is 2.15 bits per heavy atom. The van der Waals surface area contributed by atoms with Crippen molar-refractivity contribution in [3.05, 3.63) is 42.2 Å². The number of likely N-dealkylation sites (tertiary alicyclic amines) is 1. The van der Waals surface area contributed by atoms with Crippen LogP contribution in [0.2, 0.25) is 0 Å². The number of nitrogens with one attached hydrogen (secondary N) is 1. The highest BCUT2D eigenvalue weighted by atomic mass is 15.2. The Labute approximate surface area is 120 Å². The summed E-state index contributed by atoms with van der Waals surface area (Å²) in [7, 11) is 0. The maximum Gasteiger partial charge on any atom is 0.0346 e. The van der Waals surface area contributed by atoms with E-state index in [0.717, 1.165) is 25.0 Å². The van der Waals surface area contributed by atoms with Gasteiger partial charge in [0.05, 0.1) is 0 Å². The lowest BCUT2D eigenvalue weighted by molar-refractivity contribution is 0.118. The summed E-state index contributed by atoms with van der Waals surface area (Å²) in [5.74, 6) is 0.853. The van der Waals surface area contributed by atoms with Crippen molar-refractivity contribution >= 4 is 10.8 Å². The quantitative estimate of drug-likeness (QED) is 0.905. The fourth-order valence-corrected chi connectivity index (χ4v) is 3.88. The average Bonchev–Trinajstić information content (AvgIpc) is 2.97. The summed E-state index contributed by atoms with van der Waals surface area (Å²) < 4.78 is 0. The third-order valence-electron chi connectivity index (χ3n) is 4.92. The van der Waals surface area contributed by atoms with Gasteiger partial charge in [-0.05, 0) is 42.8 Å². The molecule has 3 heterocycles. The van der Waals surface area contributed by atoms with Crippen molar-refractivity contribution in [2.24, 2.45) is 5.92 Å². The molecule has 2 atom stereocenters. The third-order valence-corrected chi connectivity index (χ3v) is 4.92. The molecule has 1 N–H and O–H groups in total. The number of piperidine rings is 1. The largest absolute Gasteiger partial charge is 0.315 e. The molecule has 20 heavy (non-hydrogen) atoms. The van der Waals surface area contributed by atoms with E-state index in [0.29, 0.717) is 0 Å². The lowest BCUT2D eigenvalue weighted by atomic mass is 9.91. The van der Waals surface area contributed by atoms with Gasteiger partial charge in [0.2, 0.25) is 0 Å². The summed E-state index contributed by atoms with van der Waals surface area (Å²) in [6, 6.07) is 9.32. The zero-order chi connectivity index (χ0) is 13.4. The first kappa shape index (κ1) is 12.3. The Hall–Kier alpha value is -1.45. The molecule has 2 saturated heterocycles.